The van der Waals surface area contributed by atoms with Gasteiger partial charge in [0.2, 0.25) is 0 Å². The van der Waals surface area contributed by atoms with Crippen LogP contribution in [0.2, 0.25) is 5.02 Å². The maximum atomic E-state index is 9.77. The molecule has 0 aliphatic heterocycles. The van der Waals surface area contributed by atoms with Crippen molar-refractivity contribution in [2.45, 2.75) is 24.9 Å². The number of hydrogen-bond donors (Lipinski definition) is 2. The molecule has 1 aliphatic rings. The summed E-state index contributed by atoms with van der Waals surface area (Å²) in [5.74, 6) is 0.634. The highest BCUT2D eigenvalue weighted by atomic mass is 35.5. The van der Waals surface area contributed by atoms with E-state index in [1.165, 1.54) is 0 Å². The second-order valence-corrected chi connectivity index (χ2v) is 4.43. The van der Waals surface area contributed by atoms with E-state index in [1.54, 1.807) is 19.2 Å². The fraction of sp³-hybridized carbons (Fsp3) is 0.455. The van der Waals surface area contributed by atoms with E-state index in [-0.39, 0.29) is 10.8 Å². The molecule has 1 aromatic carbocycles. The number of aliphatic hydroxyl groups is 1. The molecular weight excluding hydrogens is 216 g/mol. The van der Waals surface area contributed by atoms with E-state index in [4.69, 9.17) is 16.3 Å². The lowest BCUT2D eigenvalue weighted by atomic mass is 10.1. The van der Waals surface area contributed by atoms with Gasteiger partial charge in [0.15, 0.2) is 0 Å². The van der Waals surface area contributed by atoms with Crippen molar-refractivity contribution in [2.75, 3.05) is 7.11 Å². The van der Waals surface area contributed by atoms with Crippen molar-refractivity contribution in [1.29, 1.82) is 0 Å². The molecule has 1 saturated carbocycles. The first-order valence-corrected chi connectivity index (χ1v) is 5.20. The fourth-order valence-corrected chi connectivity index (χ4v) is 1.79. The number of hydrogen-bond acceptors (Lipinski definition) is 3. The van der Waals surface area contributed by atoms with Crippen LogP contribution in [-0.4, -0.2) is 22.9 Å². The number of benzene rings is 1. The molecule has 1 fully saturated rings. The van der Waals surface area contributed by atoms with Gasteiger partial charge in [-0.15, -0.1) is 0 Å². The largest absolute Gasteiger partial charge is 0.506 e. The predicted molar refractivity (Wildman–Crippen MR) is 57.6 cm³/mol. The van der Waals surface area contributed by atoms with Crippen molar-refractivity contribution in [3.8, 4) is 11.5 Å². The molecule has 2 N–H and O–H groups in total. The van der Waals surface area contributed by atoms with Gasteiger partial charge in [-0.05, 0) is 18.9 Å². The van der Waals surface area contributed by atoms with Crippen molar-refractivity contribution in [3.05, 3.63) is 22.7 Å². The van der Waals surface area contributed by atoms with Gasteiger partial charge >= 0.3 is 0 Å². The van der Waals surface area contributed by atoms with Gasteiger partial charge in [-0.25, -0.2) is 0 Å². The third-order valence-corrected chi connectivity index (χ3v) is 2.99. The molecule has 4 heteroatoms. The number of halogens is 1. The highest BCUT2D eigenvalue weighted by molar-refractivity contribution is 6.32. The van der Waals surface area contributed by atoms with E-state index in [0.717, 1.165) is 12.8 Å². The first-order chi connectivity index (χ1) is 7.04. The van der Waals surface area contributed by atoms with E-state index < -0.39 is 5.60 Å². The number of aromatic hydroxyl groups is 1. The third-order valence-electron chi connectivity index (χ3n) is 2.70. The second-order valence-electron chi connectivity index (χ2n) is 4.02. The van der Waals surface area contributed by atoms with Crippen LogP contribution in [0, 0.1) is 0 Å². The molecule has 0 amide bonds. The van der Waals surface area contributed by atoms with Crippen LogP contribution in [0.5, 0.6) is 11.5 Å². The Kier molecular flexibility index (Phi) is 2.52. The topological polar surface area (TPSA) is 49.7 Å². The van der Waals surface area contributed by atoms with Gasteiger partial charge in [0, 0.05) is 18.1 Å². The van der Waals surface area contributed by atoms with Crippen molar-refractivity contribution in [2.24, 2.45) is 0 Å². The molecule has 0 unspecified atom stereocenters. The minimum atomic E-state index is -0.646. The molecule has 0 radical (unpaired) electrons. The van der Waals surface area contributed by atoms with Gasteiger partial charge < -0.3 is 14.9 Å². The van der Waals surface area contributed by atoms with Crippen LogP contribution >= 0.6 is 11.6 Å². The van der Waals surface area contributed by atoms with Gasteiger partial charge in [0.25, 0.3) is 0 Å². The number of phenolic OH excluding ortho intramolecular Hbond substituents is 1. The summed E-state index contributed by atoms with van der Waals surface area (Å²) >= 11 is 5.84. The van der Waals surface area contributed by atoms with Crippen LogP contribution < -0.4 is 4.74 Å². The summed E-state index contributed by atoms with van der Waals surface area (Å²) in [4.78, 5) is 0. The zero-order valence-corrected chi connectivity index (χ0v) is 9.21. The molecule has 0 heterocycles. The van der Waals surface area contributed by atoms with Crippen molar-refractivity contribution < 1.29 is 14.9 Å². The summed E-state index contributed by atoms with van der Waals surface area (Å²) in [6.07, 6.45) is 1.98. The normalized spacial score (nSPS) is 17.5. The summed E-state index contributed by atoms with van der Waals surface area (Å²) in [5, 5.41) is 19.7. The van der Waals surface area contributed by atoms with Crippen LogP contribution in [0.15, 0.2) is 12.1 Å². The van der Waals surface area contributed by atoms with Gasteiger partial charge in [-0.3, -0.25) is 0 Å². The predicted octanol–water partition coefficient (Wildman–Crippen LogP) is 2.12. The van der Waals surface area contributed by atoms with Crippen molar-refractivity contribution in [3.63, 3.8) is 0 Å². The van der Waals surface area contributed by atoms with Gasteiger partial charge in [0.05, 0.1) is 17.7 Å². The molecule has 15 heavy (non-hydrogen) atoms. The van der Waals surface area contributed by atoms with Gasteiger partial charge in [0.1, 0.15) is 11.5 Å². The smallest absolute Gasteiger partial charge is 0.137 e. The van der Waals surface area contributed by atoms with E-state index in [0.29, 0.717) is 17.7 Å². The van der Waals surface area contributed by atoms with Gasteiger partial charge in [-0.1, -0.05) is 11.6 Å². The zero-order chi connectivity index (χ0) is 11.1. The van der Waals surface area contributed by atoms with E-state index in [2.05, 4.69) is 0 Å². The van der Waals surface area contributed by atoms with Crippen LogP contribution in [0.3, 0.4) is 0 Å². The molecule has 2 rings (SSSR count). The average molecular weight is 229 g/mol. The van der Waals surface area contributed by atoms with Crippen LogP contribution in [0.25, 0.3) is 0 Å². The third kappa shape index (κ3) is 2.19. The number of rotatable bonds is 3. The maximum absolute atomic E-state index is 9.77. The quantitative estimate of drug-likeness (QED) is 0.833. The Hall–Kier alpha value is -0.930. The highest BCUT2D eigenvalue weighted by Gasteiger charge is 2.41. The molecule has 0 saturated heterocycles. The number of phenols is 1. The van der Waals surface area contributed by atoms with Crippen LogP contribution in [0.4, 0.5) is 0 Å². The Morgan fingerprint density at radius 1 is 1.47 bits per heavy atom. The molecular formula is C11H13ClO3. The molecule has 0 spiro atoms. The summed E-state index contributed by atoms with van der Waals surface area (Å²) in [6, 6.07) is 3.26. The summed E-state index contributed by atoms with van der Waals surface area (Å²) in [7, 11) is 1.54. The SMILES string of the molecule is COc1cc(Cl)c(O)c(CC2(O)CC2)c1. The standard InChI is InChI=1S/C11H13ClO3/c1-15-8-4-7(6-11(14)2-3-11)10(13)9(12)5-8/h4-5,13-14H,2-3,6H2,1H3. The Labute approximate surface area is 93.3 Å². The zero-order valence-electron chi connectivity index (χ0n) is 8.46. The number of methoxy groups -OCH3 is 1. The maximum Gasteiger partial charge on any atom is 0.137 e. The average Bonchev–Trinajstić information content (AvgIpc) is 2.91. The van der Waals surface area contributed by atoms with E-state index in [1.807, 2.05) is 0 Å². The Morgan fingerprint density at radius 3 is 2.67 bits per heavy atom. The Morgan fingerprint density at radius 2 is 2.13 bits per heavy atom. The monoisotopic (exact) mass is 228 g/mol. The first kappa shape index (κ1) is 10.6. The first-order valence-electron chi connectivity index (χ1n) is 4.82. The van der Waals surface area contributed by atoms with E-state index in [9.17, 15) is 10.2 Å². The highest BCUT2D eigenvalue weighted by Crippen LogP contribution is 2.42. The molecule has 82 valence electrons. The van der Waals surface area contributed by atoms with Crippen LogP contribution in [-0.2, 0) is 6.42 Å². The fourth-order valence-electron chi connectivity index (χ4n) is 1.56. The minimum Gasteiger partial charge on any atom is -0.506 e. The number of ether oxygens (including phenoxy) is 1. The molecule has 1 aromatic rings. The van der Waals surface area contributed by atoms with Crippen molar-refractivity contribution in [1.82, 2.24) is 0 Å². The lowest BCUT2D eigenvalue weighted by Gasteiger charge is -2.12. The minimum absolute atomic E-state index is 0.0396. The molecule has 0 bridgehead atoms. The van der Waals surface area contributed by atoms with E-state index >= 15 is 0 Å². The molecule has 0 aromatic heterocycles. The Bertz CT molecular complexity index is 386. The molecule has 3 nitrogen and oxygen atoms in total. The summed E-state index contributed by atoms with van der Waals surface area (Å²) in [5.41, 5.74) is -0.00737. The second kappa shape index (κ2) is 3.58. The lowest BCUT2D eigenvalue weighted by molar-refractivity contribution is 0.150. The summed E-state index contributed by atoms with van der Waals surface area (Å²) in [6.45, 7) is 0. The lowest BCUT2D eigenvalue weighted by Crippen LogP contribution is -2.10. The summed E-state index contributed by atoms with van der Waals surface area (Å²) < 4.78 is 5.05. The molecule has 0 atom stereocenters. The van der Waals surface area contributed by atoms with Gasteiger partial charge in [-0.2, -0.15) is 0 Å². The molecule has 1 aliphatic carbocycles. The van der Waals surface area contributed by atoms with Crippen molar-refractivity contribution >= 4 is 11.6 Å². The van der Waals surface area contributed by atoms with Crippen LogP contribution in [0.1, 0.15) is 18.4 Å². The Balaban J connectivity index is 2.31.